The first-order valence-electron chi connectivity index (χ1n) is 7.76. The number of rotatable bonds is 4. The smallest absolute Gasteiger partial charge is 0.313 e. The van der Waals surface area contributed by atoms with E-state index in [-0.39, 0.29) is 12.1 Å². The maximum absolute atomic E-state index is 12.4. The van der Waals surface area contributed by atoms with Crippen LogP contribution in [0, 0.1) is 5.41 Å². The van der Waals surface area contributed by atoms with E-state index in [0.29, 0.717) is 13.2 Å². The van der Waals surface area contributed by atoms with Crippen LogP contribution in [0.2, 0.25) is 0 Å². The summed E-state index contributed by atoms with van der Waals surface area (Å²) < 4.78 is 11.1. The first-order valence-corrected chi connectivity index (χ1v) is 7.76. The van der Waals surface area contributed by atoms with Crippen LogP contribution in [0.5, 0.6) is 0 Å². The minimum absolute atomic E-state index is 0.0916. The van der Waals surface area contributed by atoms with Crippen LogP contribution >= 0.6 is 0 Å². The van der Waals surface area contributed by atoms with Crippen molar-refractivity contribution in [3.63, 3.8) is 0 Å². The minimum atomic E-state index is -0.425. The SMILES string of the molecule is NCC1(C(=O)OCC2CCCCO2)CCCCCC1. The molecule has 0 spiro atoms. The Hall–Kier alpha value is -0.610. The Balaban J connectivity index is 1.84. The summed E-state index contributed by atoms with van der Waals surface area (Å²) in [6, 6.07) is 0. The first kappa shape index (κ1) is 14.8. The fourth-order valence-corrected chi connectivity index (χ4v) is 3.16. The highest BCUT2D eigenvalue weighted by molar-refractivity contribution is 5.77. The normalized spacial score (nSPS) is 27.5. The maximum atomic E-state index is 12.4. The van der Waals surface area contributed by atoms with Gasteiger partial charge in [0.25, 0.3) is 0 Å². The largest absolute Gasteiger partial charge is 0.462 e. The van der Waals surface area contributed by atoms with Crippen molar-refractivity contribution in [3.05, 3.63) is 0 Å². The Bertz CT molecular complexity index is 279. The number of hydrogen-bond donors (Lipinski definition) is 1. The molecule has 4 nitrogen and oxygen atoms in total. The fraction of sp³-hybridized carbons (Fsp3) is 0.933. The van der Waals surface area contributed by atoms with Gasteiger partial charge in [-0.15, -0.1) is 0 Å². The van der Waals surface area contributed by atoms with E-state index >= 15 is 0 Å². The number of hydrogen-bond acceptors (Lipinski definition) is 4. The Morgan fingerprint density at radius 2 is 1.89 bits per heavy atom. The summed E-state index contributed by atoms with van der Waals surface area (Å²) in [6.45, 7) is 1.61. The molecule has 110 valence electrons. The van der Waals surface area contributed by atoms with E-state index in [1.807, 2.05) is 0 Å². The van der Waals surface area contributed by atoms with Crippen molar-refractivity contribution in [2.24, 2.45) is 11.1 Å². The number of esters is 1. The van der Waals surface area contributed by atoms with Crippen LogP contribution < -0.4 is 5.73 Å². The molecule has 1 saturated heterocycles. The second-order valence-electron chi connectivity index (χ2n) is 5.99. The van der Waals surface area contributed by atoms with Gasteiger partial charge in [0.2, 0.25) is 0 Å². The van der Waals surface area contributed by atoms with E-state index in [9.17, 15) is 4.79 Å². The monoisotopic (exact) mass is 269 g/mol. The van der Waals surface area contributed by atoms with Crippen LogP contribution in [0.1, 0.15) is 57.8 Å². The highest BCUT2D eigenvalue weighted by Crippen LogP contribution is 2.35. The van der Waals surface area contributed by atoms with E-state index < -0.39 is 5.41 Å². The second kappa shape index (κ2) is 7.25. The first-order chi connectivity index (χ1) is 9.27. The molecule has 0 radical (unpaired) electrons. The van der Waals surface area contributed by atoms with Crippen molar-refractivity contribution < 1.29 is 14.3 Å². The van der Waals surface area contributed by atoms with Crippen molar-refractivity contribution in [1.82, 2.24) is 0 Å². The third-order valence-electron chi connectivity index (χ3n) is 4.56. The van der Waals surface area contributed by atoms with Gasteiger partial charge in [-0.1, -0.05) is 25.7 Å². The lowest BCUT2D eigenvalue weighted by atomic mass is 9.80. The summed E-state index contributed by atoms with van der Waals surface area (Å²) in [5, 5.41) is 0. The minimum Gasteiger partial charge on any atom is -0.462 e. The van der Waals surface area contributed by atoms with Crippen LogP contribution in [0.15, 0.2) is 0 Å². The summed E-state index contributed by atoms with van der Waals surface area (Å²) in [6.07, 6.45) is 9.75. The summed E-state index contributed by atoms with van der Waals surface area (Å²) in [5.74, 6) is -0.0916. The fourth-order valence-electron chi connectivity index (χ4n) is 3.16. The predicted molar refractivity (Wildman–Crippen MR) is 73.7 cm³/mol. The van der Waals surface area contributed by atoms with Gasteiger partial charge in [-0.2, -0.15) is 0 Å². The van der Waals surface area contributed by atoms with E-state index in [4.69, 9.17) is 15.2 Å². The lowest BCUT2D eigenvalue weighted by molar-refractivity contribution is -0.161. The highest BCUT2D eigenvalue weighted by atomic mass is 16.6. The highest BCUT2D eigenvalue weighted by Gasteiger charge is 2.39. The van der Waals surface area contributed by atoms with Gasteiger partial charge in [0.05, 0.1) is 11.5 Å². The third-order valence-corrected chi connectivity index (χ3v) is 4.56. The van der Waals surface area contributed by atoms with Gasteiger partial charge >= 0.3 is 5.97 Å². The molecule has 0 aromatic heterocycles. The Morgan fingerprint density at radius 1 is 1.16 bits per heavy atom. The van der Waals surface area contributed by atoms with Crippen molar-refractivity contribution in [3.8, 4) is 0 Å². The number of nitrogens with two attached hydrogens (primary N) is 1. The van der Waals surface area contributed by atoms with Gasteiger partial charge in [-0.25, -0.2) is 0 Å². The zero-order chi connectivity index (χ0) is 13.6. The predicted octanol–water partition coefficient (Wildman–Crippen LogP) is 2.40. The van der Waals surface area contributed by atoms with Crippen molar-refractivity contribution in [1.29, 1.82) is 0 Å². The van der Waals surface area contributed by atoms with Crippen LogP contribution in [0.4, 0.5) is 0 Å². The van der Waals surface area contributed by atoms with Gasteiger partial charge < -0.3 is 15.2 Å². The van der Waals surface area contributed by atoms with Crippen LogP contribution in [0.25, 0.3) is 0 Å². The molecule has 0 amide bonds. The van der Waals surface area contributed by atoms with E-state index in [2.05, 4.69) is 0 Å². The topological polar surface area (TPSA) is 61.6 Å². The summed E-state index contributed by atoms with van der Waals surface area (Å²) >= 11 is 0. The zero-order valence-electron chi connectivity index (χ0n) is 11.9. The molecule has 1 heterocycles. The molecule has 2 fully saturated rings. The lowest BCUT2D eigenvalue weighted by Gasteiger charge is -2.30. The molecule has 1 atom stereocenters. The van der Waals surface area contributed by atoms with Crippen molar-refractivity contribution in [2.45, 2.75) is 63.9 Å². The van der Waals surface area contributed by atoms with Gasteiger partial charge in [-0.3, -0.25) is 4.79 Å². The molecule has 19 heavy (non-hydrogen) atoms. The Kier molecular flexibility index (Phi) is 5.64. The molecular weight excluding hydrogens is 242 g/mol. The summed E-state index contributed by atoms with van der Waals surface area (Å²) in [4.78, 5) is 12.4. The molecule has 0 aromatic carbocycles. The Morgan fingerprint density at radius 3 is 2.47 bits per heavy atom. The maximum Gasteiger partial charge on any atom is 0.313 e. The van der Waals surface area contributed by atoms with Crippen molar-refractivity contribution >= 4 is 5.97 Å². The van der Waals surface area contributed by atoms with Gasteiger partial charge in [0, 0.05) is 13.2 Å². The lowest BCUT2D eigenvalue weighted by Crippen LogP contribution is -2.41. The summed E-state index contributed by atoms with van der Waals surface area (Å²) in [7, 11) is 0. The number of carbonyl (C=O) groups is 1. The van der Waals surface area contributed by atoms with E-state index in [1.54, 1.807) is 0 Å². The standard InChI is InChI=1S/C15H27NO3/c16-12-15(8-4-1-2-5-9-15)14(17)19-11-13-7-3-6-10-18-13/h13H,1-12,16H2. The van der Waals surface area contributed by atoms with E-state index in [0.717, 1.165) is 45.1 Å². The quantitative estimate of drug-likeness (QED) is 0.629. The van der Waals surface area contributed by atoms with Gasteiger partial charge in [-0.05, 0) is 32.1 Å². The van der Waals surface area contributed by atoms with Gasteiger partial charge in [0.15, 0.2) is 0 Å². The second-order valence-corrected chi connectivity index (χ2v) is 5.99. The average Bonchev–Trinajstić information content (AvgIpc) is 2.72. The molecule has 2 rings (SSSR count). The van der Waals surface area contributed by atoms with Crippen molar-refractivity contribution in [2.75, 3.05) is 19.8 Å². The molecule has 1 unspecified atom stereocenters. The van der Waals surface area contributed by atoms with Gasteiger partial charge in [0.1, 0.15) is 6.61 Å². The van der Waals surface area contributed by atoms with Crippen LogP contribution in [-0.4, -0.2) is 31.8 Å². The third kappa shape index (κ3) is 3.93. The molecule has 4 heteroatoms. The molecule has 1 aliphatic carbocycles. The molecular formula is C15H27NO3. The van der Waals surface area contributed by atoms with Crippen LogP contribution in [0.3, 0.4) is 0 Å². The molecule has 0 bridgehead atoms. The molecule has 2 N–H and O–H groups in total. The molecule has 2 aliphatic rings. The average molecular weight is 269 g/mol. The zero-order valence-corrected chi connectivity index (χ0v) is 11.9. The molecule has 1 saturated carbocycles. The molecule has 1 aliphatic heterocycles. The molecule has 0 aromatic rings. The van der Waals surface area contributed by atoms with Crippen LogP contribution in [-0.2, 0) is 14.3 Å². The number of carbonyl (C=O) groups excluding carboxylic acids is 1. The Labute approximate surface area is 116 Å². The summed E-state index contributed by atoms with van der Waals surface area (Å²) in [5.41, 5.74) is 5.46. The number of ether oxygens (including phenoxy) is 2. The van der Waals surface area contributed by atoms with E-state index in [1.165, 1.54) is 19.3 Å².